The number of amidine groups is 1. The van der Waals surface area contributed by atoms with Gasteiger partial charge in [0.25, 0.3) is 0 Å². The zero-order chi connectivity index (χ0) is 31.3. The Labute approximate surface area is 254 Å². The smallest absolute Gasteiger partial charge is 0.405 e. The van der Waals surface area contributed by atoms with E-state index < -0.39 is 37.6 Å². The number of thiazole rings is 1. The summed E-state index contributed by atoms with van der Waals surface area (Å²) in [5.74, 6) is 0.219. The van der Waals surface area contributed by atoms with Crippen molar-refractivity contribution in [2.45, 2.75) is 104 Å². The molecule has 2 aliphatic rings. The summed E-state index contributed by atoms with van der Waals surface area (Å²) in [5.41, 5.74) is 3.22. The quantitative estimate of drug-likeness (QED) is 0.331. The zero-order valence-electron chi connectivity index (χ0n) is 26.4. The van der Waals surface area contributed by atoms with Crippen LogP contribution in [-0.4, -0.2) is 65.9 Å². The Morgan fingerprint density at radius 1 is 1.21 bits per heavy atom. The van der Waals surface area contributed by atoms with Crippen molar-refractivity contribution in [3.05, 3.63) is 41.0 Å². The van der Waals surface area contributed by atoms with Crippen LogP contribution in [0.5, 0.6) is 0 Å². The molecular weight excluding hydrogens is 571 g/mol. The number of hydrogen-bond donors (Lipinski definition) is 3. The van der Waals surface area contributed by atoms with Crippen molar-refractivity contribution in [3.8, 4) is 10.4 Å². The van der Waals surface area contributed by atoms with Gasteiger partial charge < -0.3 is 29.9 Å². The number of oxime groups is 1. The predicted molar refractivity (Wildman–Crippen MR) is 168 cm³/mol. The molecule has 3 heterocycles. The summed E-state index contributed by atoms with van der Waals surface area (Å²) in [6, 6.07) is 6.70. The van der Waals surface area contributed by atoms with Gasteiger partial charge in [-0.1, -0.05) is 71.0 Å². The minimum absolute atomic E-state index is 0.00653. The number of aromatic nitrogens is 1. The summed E-state index contributed by atoms with van der Waals surface area (Å²) >= 11 is 1.60. The summed E-state index contributed by atoms with van der Waals surface area (Å²) in [4.78, 5) is 38.9. The van der Waals surface area contributed by atoms with Crippen LogP contribution in [-0.2, 0) is 19.8 Å². The highest BCUT2D eigenvalue weighted by Gasteiger charge is 2.50. The minimum atomic E-state index is -2.15. The van der Waals surface area contributed by atoms with E-state index in [1.54, 1.807) is 16.2 Å². The Morgan fingerprint density at radius 3 is 2.38 bits per heavy atom. The van der Waals surface area contributed by atoms with Gasteiger partial charge in [-0.3, -0.25) is 4.79 Å². The van der Waals surface area contributed by atoms with Gasteiger partial charge in [-0.25, -0.2) is 9.78 Å². The number of amides is 2. The molecule has 1 saturated heterocycles. The molecule has 2 aliphatic heterocycles. The van der Waals surface area contributed by atoms with Gasteiger partial charge in [0.2, 0.25) is 11.6 Å². The number of hydrogen-bond acceptors (Lipinski definition) is 8. The fraction of sp³-hybridized carbons (Fsp3) is 0.600. The van der Waals surface area contributed by atoms with E-state index in [0.29, 0.717) is 18.8 Å². The van der Waals surface area contributed by atoms with Crippen LogP contribution in [0.15, 0.2) is 34.9 Å². The first-order valence-electron chi connectivity index (χ1n) is 14.4. The molecule has 42 heavy (non-hydrogen) atoms. The van der Waals surface area contributed by atoms with Crippen LogP contribution >= 0.6 is 11.3 Å². The van der Waals surface area contributed by atoms with Gasteiger partial charge in [-0.15, -0.1) is 11.3 Å². The van der Waals surface area contributed by atoms with Gasteiger partial charge in [0.05, 0.1) is 28.2 Å². The largest absolute Gasteiger partial charge is 0.465 e. The summed E-state index contributed by atoms with van der Waals surface area (Å²) in [6.07, 6.45) is -0.933. The van der Waals surface area contributed by atoms with Crippen LogP contribution in [0.25, 0.3) is 10.4 Å². The highest BCUT2D eigenvalue weighted by molar-refractivity contribution is 7.13. The Morgan fingerprint density at radius 2 is 1.86 bits per heavy atom. The van der Waals surface area contributed by atoms with E-state index in [4.69, 9.17) is 9.26 Å². The number of likely N-dealkylation sites (tertiary alicyclic amines) is 1. The number of carbonyl (C=O) groups is 2. The maximum Gasteiger partial charge on any atom is 0.405 e. The Hall–Kier alpha value is -2.96. The van der Waals surface area contributed by atoms with E-state index >= 15 is 0 Å². The van der Waals surface area contributed by atoms with Crippen molar-refractivity contribution >= 4 is 37.5 Å². The molecule has 4 atom stereocenters. The molecule has 2 aromatic rings. The number of carboxylic acid groups (broad SMARTS) is 1. The van der Waals surface area contributed by atoms with Crippen LogP contribution < -0.4 is 10.6 Å². The molecule has 1 unspecified atom stereocenters. The number of benzene rings is 1. The fourth-order valence-electron chi connectivity index (χ4n) is 5.14. The van der Waals surface area contributed by atoms with Crippen LogP contribution in [0.2, 0.25) is 18.1 Å². The van der Waals surface area contributed by atoms with E-state index in [1.807, 2.05) is 64.4 Å². The van der Waals surface area contributed by atoms with Gasteiger partial charge in [0.15, 0.2) is 14.2 Å². The number of carbonyl (C=O) groups excluding carboxylic acids is 1. The number of nitrogens with zero attached hydrogens (tertiary/aromatic N) is 3. The van der Waals surface area contributed by atoms with Gasteiger partial charge in [-0.05, 0) is 36.0 Å². The lowest BCUT2D eigenvalue weighted by Crippen LogP contribution is -2.58. The average Bonchev–Trinajstić information content (AvgIpc) is 3.59. The standard InChI is InChI=1S/C30H45N5O5SSi/c1-18-23(41-17-31-18)19-11-13-20(14-12-19)30(8)33-25(34-40-30)22-15-21(39-42(9,10)29(5,6)7)16-35(22)26(36)24(28(2,3)4)32-27(37)38/h11-14,17,21-22,24,32H,15-16H2,1-10H3,(H,33,34)(H,37,38)/t21-,22+,24-,30?/m1/s1. The van der Waals surface area contributed by atoms with Crippen molar-refractivity contribution in [2.75, 3.05) is 6.54 Å². The third-order valence-corrected chi connectivity index (χ3v) is 14.2. The maximum absolute atomic E-state index is 14.0. The minimum Gasteiger partial charge on any atom is -0.465 e. The van der Waals surface area contributed by atoms with Gasteiger partial charge >= 0.3 is 6.09 Å². The monoisotopic (exact) mass is 615 g/mol. The lowest BCUT2D eigenvalue weighted by molar-refractivity contribution is -0.136. The molecule has 1 aromatic carbocycles. The summed E-state index contributed by atoms with van der Waals surface area (Å²) in [5, 5.41) is 19.9. The summed E-state index contributed by atoms with van der Waals surface area (Å²) in [6.45, 7) is 20.7. The van der Waals surface area contributed by atoms with Crippen LogP contribution in [0, 0.1) is 12.3 Å². The molecule has 230 valence electrons. The predicted octanol–water partition coefficient (Wildman–Crippen LogP) is 5.90. The molecule has 3 N–H and O–H groups in total. The van der Waals surface area contributed by atoms with Crippen LogP contribution in [0.1, 0.15) is 66.1 Å². The Balaban J connectivity index is 1.60. The number of rotatable bonds is 7. The topological polar surface area (TPSA) is 125 Å². The Bertz CT molecular complexity index is 1350. The van der Waals surface area contributed by atoms with Crippen molar-refractivity contribution in [1.29, 1.82) is 0 Å². The number of nitrogens with one attached hydrogen (secondary N) is 2. The lowest BCUT2D eigenvalue weighted by atomic mass is 9.85. The van der Waals surface area contributed by atoms with Crippen molar-refractivity contribution in [2.24, 2.45) is 10.6 Å². The zero-order valence-corrected chi connectivity index (χ0v) is 28.2. The van der Waals surface area contributed by atoms with Gasteiger partial charge in [0, 0.05) is 25.5 Å². The molecule has 0 saturated carbocycles. The summed E-state index contributed by atoms with van der Waals surface area (Å²) < 4.78 is 6.76. The Kier molecular flexibility index (Phi) is 8.58. The second kappa shape index (κ2) is 11.3. The molecule has 4 rings (SSSR count). The lowest BCUT2D eigenvalue weighted by Gasteiger charge is -2.38. The molecule has 0 spiro atoms. The second-order valence-corrected chi connectivity index (χ2v) is 19.7. The van der Waals surface area contributed by atoms with Crippen molar-refractivity contribution < 1.29 is 24.0 Å². The molecule has 0 radical (unpaired) electrons. The van der Waals surface area contributed by atoms with E-state index in [1.165, 1.54) is 0 Å². The molecule has 1 aromatic heterocycles. The SMILES string of the molecule is Cc1ncsc1-c1ccc(C2(C)NC([C@@H]3C[C@@H](O[Si](C)(C)C(C)(C)C)CN3C(=O)[C@@H](NC(=O)O)C(C)(C)C)=NO2)cc1. The molecule has 10 nitrogen and oxygen atoms in total. The van der Waals surface area contributed by atoms with Crippen LogP contribution in [0.3, 0.4) is 0 Å². The molecule has 0 aliphatic carbocycles. The first-order valence-corrected chi connectivity index (χ1v) is 18.1. The van der Waals surface area contributed by atoms with E-state index in [2.05, 4.69) is 54.6 Å². The normalized spacial score (nSPS) is 23.7. The first-order chi connectivity index (χ1) is 19.3. The summed E-state index contributed by atoms with van der Waals surface area (Å²) in [7, 11) is -2.15. The highest BCUT2D eigenvalue weighted by atomic mass is 32.1. The highest BCUT2D eigenvalue weighted by Crippen LogP contribution is 2.40. The van der Waals surface area contributed by atoms with Gasteiger partial charge in [0.1, 0.15) is 6.04 Å². The van der Waals surface area contributed by atoms with E-state index in [9.17, 15) is 14.7 Å². The van der Waals surface area contributed by atoms with Crippen molar-refractivity contribution in [3.63, 3.8) is 0 Å². The van der Waals surface area contributed by atoms with Gasteiger partial charge in [-0.2, -0.15) is 0 Å². The fourth-order valence-corrected chi connectivity index (χ4v) is 7.30. The van der Waals surface area contributed by atoms with Crippen molar-refractivity contribution in [1.82, 2.24) is 20.5 Å². The van der Waals surface area contributed by atoms with Crippen LogP contribution in [0.4, 0.5) is 4.79 Å². The third-order valence-electron chi connectivity index (χ3n) is 8.65. The average molecular weight is 616 g/mol. The number of aryl methyl sites for hydroxylation is 1. The van der Waals surface area contributed by atoms with E-state index in [0.717, 1.165) is 21.7 Å². The molecule has 12 heteroatoms. The molecule has 2 amide bonds. The molecule has 1 fully saturated rings. The second-order valence-electron chi connectivity index (χ2n) is 14.1. The molecular formula is C30H45N5O5SSi. The third kappa shape index (κ3) is 6.50. The maximum atomic E-state index is 14.0. The van der Waals surface area contributed by atoms with E-state index in [-0.39, 0.29) is 17.0 Å². The molecule has 0 bridgehead atoms. The first kappa shape index (κ1) is 32.0.